The smallest absolute Gasteiger partial charge is 0.462 e. The second kappa shape index (κ2) is 68.5. The summed E-state index contributed by atoms with van der Waals surface area (Å²) >= 11 is 0. The number of aliphatic hydroxyl groups is 1. The number of ether oxygens (including phenoxy) is 4. The Kier molecular flexibility index (Phi) is 67.1. The van der Waals surface area contributed by atoms with Gasteiger partial charge in [-0.15, -0.1) is 0 Å². The first kappa shape index (κ1) is 95.1. The van der Waals surface area contributed by atoms with Crippen molar-refractivity contribution in [3.8, 4) is 0 Å². The first-order valence-corrected chi connectivity index (χ1v) is 43.5. The van der Waals surface area contributed by atoms with E-state index in [1.807, 2.05) is 0 Å². The summed E-state index contributed by atoms with van der Waals surface area (Å²) in [5, 5.41) is 10.6. The number of hydrogen-bond donors (Lipinski definition) is 3. The molecule has 19 heteroatoms. The molecule has 0 saturated heterocycles. The van der Waals surface area contributed by atoms with Gasteiger partial charge < -0.3 is 33.8 Å². The summed E-state index contributed by atoms with van der Waals surface area (Å²) in [4.78, 5) is 72.7. The highest BCUT2D eigenvalue weighted by Gasteiger charge is 2.30. The van der Waals surface area contributed by atoms with Gasteiger partial charge in [0.05, 0.1) is 26.4 Å². The lowest BCUT2D eigenvalue weighted by atomic mass is 9.99. The lowest BCUT2D eigenvalue weighted by molar-refractivity contribution is -0.161. The average molecular weight is 1420 g/mol. The van der Waals surface area contributed by atoms with E-state index in [-0.39, 0.29) is 25.7 Å². The van der Waals surface area contributed by atoms with Crippen LogP contribution in [0, 0.1) is 17.8 Å². The van der Waals surface area contributed by atoms with Crippen molar-refractivity contribution in [2.24, 2.45) is 17.8 Å². The summed E-state index contributed by atoms with van der Waals surface area (Å²) in [5.74, 6) is 0.318. The molecule has 97 heavy (non-hydrogen) atoms. The average Bonchev–Trinajstić information content (AvgIpc) is 0.989. The highest BCUT2D eigenvalue weighted by molar-refractivity contribution is 7.47. The molecule has 3 N–H and O–H groups in total. The maximum atomic E-state index is 13.1. The topological polar surface area (TPSA) is 237 Å². The molecule has 0 saturated carbocycles. The molecule has 0 aromatic rings. The van der Waals surface area contributed by atoms with Crippen LogP contribution in [0.1, 0.15) is 402 Å². The van der Waals surface area contributed by atoms with E-state index in [1.165, 1.54) is 199 Å². The summed E-state index contributed by atoms with van der Waals surface area (Å²) in [6.07, 6.45) is 55.7. The quantitative estimate of drug-likeness (QED) is 0.0222. The molecule has 0 aliphatic heterocycles. The van der Waals surface area contributed by atoms with Gasteiger partial charge in [-0.1, -0.05) is 350 Å². The third-order valence-corrected chi connectivity index (χ3v) is 21.1. The number of aliphatic hydroxyl groups excluding tert-OH is 1. The first-order valence-electron chi connectivity index (χ1n) is 40.5. The van der Waals surface area contributed by atoms with Crippen LogP contribution in [0.2, 0.25) is 0 Å². The number of carbonyl (C=O) groups excluding carboxylic acids is 4. The van der Waals surface area contributed by atoms with Crippen LogP contribution in [-0.2, 0) is 65.4 Å². The maximum absolute atomic E-state index is 13.1. The van der Waals surface area contributed by atoms with Gasteiger partial charge >= 0.3 is 39.5 Å². The lowest BCUT2D eigenvalue weighted by Crippen LogP contribution is -2.30. The normalized spacial score (nSPS) is 14.9. The molecule has 17 nitrogen and oxygen atoms in total. The van der Waals surface area contributed by atoms with E-state index in [2.05, 4.69) is 48.5 Å². The Hall–Kier alpha value is -1.94. The molecule has 0 spiro atoms. The number of hydrogen-bond acceptors (Lipinski definition) is 15. The number of esters is 4. The fourth-order valence-electron chi connectivity index (χ4n) is 11.9. The summed E-state index contributed by atoms with van der Waals surface area (Å²) in [7, 11) is -9.91. The molecule has 0 aromatic carbocycles. The van der Waals surface area contributed by atoms with Crippen LogP contribution in [-0.4, -0.2) is 96.7 Å². The molecule has 0 heterocycles. The third kappa shape index (κ3) is 68.3. The predicted molar refractivity (Wildman–Crippen MR) is 395 cm³/mol. The molecular formula is C78H152O17P2. The van der Waals surface area contributed by atoms with Gasteiger partial charge in [0.2, 0.25) is 0 Å². The first-order chi connectivity index (χ1) is 46.8. The van der Waals surface area contributed by atoms with Gasteiger partial charge in [0.1, 0.15) is 19.3 Å². The zero-order chi connectivity index (χ0) is 71.6. The second-order valence-electron chi connectivity index (χ2n) is 28.8. The van der Waals surface area contributed by atoms with Crippen LogP contribution in [0.4, 0.5) is 0 Å². The zero-order valence-corrected chi connectivity index (χ0v) is 65.3. The van der Waals surface area contributed by atoms with Crippen LogP contribution in [0.5, 0.6) is 0 Å². The van der Waals surface area contributed by atoms with Gasteiger partial charge in [0.25, 0.3) is 0 Å². The van der Waals surface area contributed by atoms with Gasteiger partial charge in [-0.05, 0) is 43.4 Å². The molecule has 0 amide bonds. The van der Waals surface area contributed by atoms with Crippen molar-refractivity contribution < 1.29 is 80.2 Å². The van der Waals surface area contributed by atoms with Crippen LogP contribution in [0.15, 0.2) is 0 Å². The Balaban J connectivity index is 5.16. The Morgan fingerprint density at radius 1 is 0.289 bits per heavy atom. The van der Waals surface area contributed by atoms with Crippen molar-refractivity contribution in [3.63, 3.8) is 0 Å². The van der Waals surface area contributed by atoms with E-state index in [4.69, 9.17) is 37.0 Å². The molecular weight excluding hydrogens is 1270 g/mol. The number of phosphoric ester groups is 2. The van der Waals surface area contributed by atoms with Crippen molar-refractivity contribution in [2.45, 2.75) is 420 Å². The van der Waals surface area contributed by atoms with E-state index in [0.29, 0.717) is 25.7 Å². The molecule has 8 atom stereocenters. The van der Waals surface area contributed by atoms with Gasteiger partial charge in [-0.25, -0.2) is 9.13 Å². The number of phosphoric acid groups is 2. The Morgan fingerprint density at radius 2 is 0.495 bits per heavy atom. The fraction of sp³-hybridized carbons (Fsp3) is 0.949. The molecule has 0 radical (unpaired) electrons. The van der Waals surface area contributed by atoms with Gasteiger partial charge in [0, 0.05) is 25.7 Å². The highest BCUT2D eigenvalue weighted by Crippen LogP contribution is 2.45. The van der Waals surface area contributed by atoms with E-state index < -0.39 is 97.5 Å². The van der Waals surface area contributed by atoms with E-state index in [1.54, 1.807) is 0 Å². The molecule has 0 aliphatic carbocycles. The molecule has 0 rings (SSSR count). The Morgan fingerprint density at radius 3 is 0.732 bits per heavy atom. The molecule has 0 aliphatic rings. The lowest BCUT2D eigenvalue weighted by Gasteiger charge is -2.21. The summed E-state index contributed by atoms with van der Waals surface area (Å²) in [5.41, 5.74) is 0. The minimum Gasteiger partial charge on any atom is -0.462 e. The predicted octanol–water partition coefficient (Wildman–Crippen LogP) is 23.0. The second-order valence-corrected chi connectivity index (χ2v) is 31.7. The van der Waals surface area contributed by atoms with E-state index in [9.17, 15) is 43.2 Å². The van der Waals surface area contributed by atoms with Crippen molar-refractivity contribution in [1.29, 1.82) is 0 Å². The van der Waals surface area contributed by atoms with Gasteiger partial charge in [-0.2, -0.15) is 0 Å². The SMILES string of the molecule is CCCCCCCCCC(=O)OC[C@H](COP(=O)(O)OC[C@H](O)COP(=O)(O)OC[C@@H](COC(=O)CCCCCCCCCCCCCCCCC(C)CC)OC(=O)CCCCCCCCCCCCCCCCCCCCC(C)CC)OC(=O)CCCCCCCCC(C)CC. The van der Waals surface area contributed by atoms with Crippen LogP contribution >= 0.6 is 15.6 Å². The standard InChI is InChI=1S/C78H152O17P2/c1-8-12-13-14-35-45-52-59-75(80)88-65-74(95-78(83)62-55-48-41-40-44-51-58-71(7)11-4)68-93-97(86,87)91-64-72(79)63-90-96(84,85)92-67-73(66-89-76(81)60-53-46-38-33-29-25-22-21-24-28-32-37-43-50-57-70(6)10-3)94-77(82)61-54-47-39-34-30-26-20-18-16-15-17-19-23-27-31-36-42-49-56-69(5)9-2/h69-74,79H,8-68H2,1-7H3,(H,84,85)(H,86,87)/t69?,70?,71?,72-,73-,74-/m1/s1. The van der Waals surface area contributed by atoms with E-state index in [0.717, 1.165) is 120 Å². The maximum Gasteiger partial charge on any atom is 0.472 e. The summed E-state index contributed by atoms with van der Waals surface area (Å²) in [6.45, 7) is 11.9. The van der Waals surface area contributed by atoms with Crippen molar-refractivity contribution in [3.05, 3.63) is 0 Å². The highest BCUT2D eigenvalue weighted by atomic mass is 31.2. The van der Waals surface area contributed by atoms with E-state index >= 15 is 0 Å². The van der Waals surface area contributed by atoms with Gasteiger partial charge in [0.15, 0.2) is 12.2 Å². The molecule has 0 aromatic heterocycles. The fourth-order valence-corrected chi connectivity index (χ4v) is 13.4. The van der Waals surface area contributed by atoms with Crippen molar-refractivity contribution in [2.75, 3.05) is 39.6 Å². The number of rotatable bonds is 76. The molecule has 0 fully saturated rings. The van der Waals surface area contributed by atoms with Crippen molar-refractivity contribution in [1.82, 2.24) is 0 Å². The minimum absolute atomic E-state index is 0.103. The van der Waals surface area contributed by atoms with Crippen LogP contribution in [0.25, 0.3) is 0 Å². The monoisotopic (exact) mass is 1420 g/mol. The Bertz CT molecular complexity index is 1890. The van der Waals surface area contributed by atoms with Crippen molar-refractivity contribution >= 4 is 39.5 Å². The number of carbonyl (C=O) groups is 4. The van der Waals surface area contributed by atoms with Crippen LogP contribution in [0.3, 0.4) is 0 Å². The Labute approximate surface area is 594 Å². The minimum atomic E-state index is -4.96. The third-order valence-electron chi connectivity index (χ3n) is 19.2. The molecule has 5 unspecified atom stereocenters. The summed E-state index contributed by atoms with van der Waals surface area (Å²) in [6, 6.07) is 0. The largest absolute Gasteiger partial charge is 0.472 e. The van der Waals surface area contributed by atoms with Crippen LogP contribution < -0.4 is 0 Å². The summed E-state index contributed by atoms with van der Waals surface area (Å²) < 4.78 is 68.4. The van der Waals surface area contributed by atoms with Gasteiger partial charge in [-0.3, -0.25) is 37.3 Å². The zero-order valence-electron chi connectivity index (χ0n) is 63.5. The molecule has 576 valence electrons. The molecule has 0 bridgehead atoms. The number of unbranched alkanes of at least 4 members (excludes halogenated alkanes) is 41.